The molecule has 0 aliphatic rings. The summed E-state index contributed by atoms with van der Waals surface area (Å²) in [6.07, 6.45) is 1.20. The molecule has 24 heavy (non-hydrogen) atoms. The monoisotopic (exact) mass is 323 g/mol. The smallest absolute Gasteiger partial charge is 0.269 e. The van der Waals surface area contributed by atoms with Gasteiger partial charge in [0.2, 0.25) is 5.91 Å². The molecular weight excluding hydrogens is 306 g/mol. The van der Waals surface area contributed by atoms with E-state index in [1.54, 1.807) is 18.2 Å². The zero-order valence-corrected chi connectivity index (χ0v) is 12.9. The van der Waals surface area contributed by atoms with Crippen molar-refractivity contribution in [3.8, 4) is 0 Å². The van der Waals surface area contributed by atoms with Crippen LogP contribution in [0, 0.1) is 0 Å². The Kier molecular flexibility index (Phi) is 4.67. The Morgan fingerprint density at radius 2 is 1.83 bits per heavy atom. The molecule has 122 valence electrons. The first kappa shape index (κ1) is 15.9. The zero-order chi connectivity index (χ0) is 16.9. The van der Waals surface area contributed by atoms with E-state index >= 15 is 0 Å². The summed E-state index contributed by atoms with van der Waals surface area (Å²) in [5, 5.41) is 12.3. The summed E-state index contributed by atoms with van der Waals surface area (Å²) in [6, 6.07) is 15.8. The van der Waals surface area contributed by atoms with Crippen LogP contribution < -0.4 is 10.9 Å². The maximum Gasteiger partial charge on any atom is 0.269 e. The van der Waals surface area contributed by atoms with Gasteiger partial charge in [-0.1, -0.05) is 42.5 Å². The third-order valence-electron chi connectivity index (χ3n) is 3.77. The predicted octanol–water partition coefficient (Wildman–Crippen LogP) is 1.25. The van der Waals surface area contributed by atoms with Gasteiger partial charge in [-0.25, -0.2) is 4.98 Å². The van der Waals surface area contributed by atoms with Crippen molar-refractivity contribution in [1.82, 2.24) is 14.9 Å². The average molecular weight is 323 g/mol. The van der Waals surface area contributed by atoms with Crippen molar-refractivity contribution in [2.75, 3.05) is 6.61 Å². The van der Waals surface area contributed by atoms with E-state index in [1.807, 2.05) is 36.4 Å². The Morgan fingerprint density at radius 3 is 2.58 bits per heavy atom. The number of nitrogens with zero attached hydrogens (tertiary/aromatic N) is 2. The average Bonchev–Trinajstić information content (AvgIpc) is 2.63. The number of hydrogen-bond acceptors (Lipinski definition) is 4. The van der Waals surface area contributed by atoms with E-state index in [1.165, 1.54) is 10.8 Å². The molecule has 2 N–H and O–H groups in total. The van der Waals surface area contributed by atoms with Crippen LogP contribution in [0.5, 0.6) is 0 Å². The van der Waals surface area contributed by atoms with Crippen molar-refractivity contribution >= 4 is 16.9 Å². The van der Waals surface area contributed by atoms with Gasteiger partial charge in [0.25, 0.3) is 5.56 Å². The van der Waals surface area contributed by atoms with E-state index in [4.69, 9.17) is 0 Å². The van der Waals surface area contributed by atoms with Crippen LogP contribution in [0.4, 0.5) is 0 Å². The molecule has 6 heteroatoms. The Balaban J connectivity index is 1.83. The number of para-hydroxylation sites is 2. The molecule has 0 aliphatic carbocycles. The molecule has 2 aromatic carbocycles. The SMILES string of the molecule is O=C(Cn1c(=O)cnc2ccccc21)N[C@H](CO)c1ccccc1. The number of aliphatic hydroxyl groups is 1. The molecule has 3 aromatic rings. The lowest BCUT2D eigenvalue weighted by atomic mass is 10.1. The van der Waals surface area contributed by atoms with Crippen molar-refractivity contribution in [1.29, 1.82) is 0 Å². The fourth-order valence-electron chi connectivity index (χ4n) is 2.58. The molecule has 1 aromatic heterocycles. The van der Waals surface area contributed by atoms with Crippen molar-refractivity contribution in [2.45, 2.75) is 12.6 Å². The maximum atomic E-state index is 12.3. The molecule has 0 saturated heterocycles. The minimum absolute atomic E-state index is 0.134. The molecule has 0 unspecified atom stereocenters. The van der Waals surface area contributed by atoms with Crippen molar-refractivity contribution in [3.05, 3.63) is 76.7 Å². The molecular formula is C18H17N3O3. The summed E-state index contributed by atoms with van der Waals surface area (Å²) < 4.78 is 1.37. The fraction of sp³-hybridized carbons (Fsp3) is 0.167. The summed E-state index contributed by atoms with van der Waals surface area (Å²) in [6.45, 7) is -0.354. The number of aromatic nitrogens is 2. The van der Waals surface area contributed by atoms with Crippen LogP contribution in [0.3, 0.4) is 0 Å². The summed E-state index contributed by atoms with van der Waals surface area (Å²) in [5.41, 5.74) is 1.71. The van der Waals surface area contributed by atoms with Gasteiger partial charge in [-0.05, 0) is 17.7 Å². The van der Waals surface area contributed by atoms with E-state index in [-0.39, 0.29) is 24.6 Å². The first-order chi connectivity index (χ1) is 11.7. The van der Waals surface area contributed by atoms with Crippen LogP contribution >= 0.6 is 0 Å². The number of benzene rings is 2. The lowest BCUT2D eigenvalue weighted by molar-refractivity contribution is -0.122. The van der Waals surface area contributed by atoms with Crippen molar-refractivity contribution in [3.63, 3.8) is 0 Å². The Hall–Kier alpha value is -2.99. The maximum absolute atomic E-state index is 12.3. The van der Waals surface area contributed by atoms with Gasteiger partial charge < -0.3 is 10.4 Å². The van der Waals surface area contributed by atoms with Crippen LogP contribution in [0.25, 0.3) is 11.0 Å². The van der Waals surface area contributed by atoms with E-state index in [0.29, 0.717) is 11.0 Å². The molecule has 0 aliphatic heterocycles. The van der Waals surface area contributed by atoms with Gasteiger partial charge in [0.1, 0.15) is 6.54 Å². The number of hydrogen-bond donors (Lipinski definition) is 2. The van der Waals surface area contributed by atoms with Crippen LogP contribution in [0.1, 0.15) is 11.6 Å². The lowest BCUT2D eigenvalue weighted by Crippen LogP contribution is -2.36. The Labute approximate surface area is 138 Å². The second-order valence-electron chi connectivity index (χ2n) is 5.38. The number of carbonyl (C=O) groups is 1. The van der Waals surface area contributed by atoms with Crippen LogP contribution in [-0.2, 0) is 11.3 Å². The highest BCUT2D eigenvalue weighted by Crippen LogP contribution is 2.12. The predicted molar refractivity (Wildman–Crippen MR) is 90.4 cm³/mol. The highest BCUT2D eigenvalue weighted by atomic mass is 16.3. The summed E-state index contributed by atoms with van der Waals surface area (Å²) in [5.74, 6) is -0.351. The van der Waals surface area contributed by atoms with Gasteiger partial charge in [-0.15, -0.1) is 0 Å². The first-order valence-corrected chi connectivity index (χ1v) is 7.59. The number of amides is 1. The Morgan fingerprint density at radius 1 is 1.12 bits per heavy atom. The molecule has 0 saturated carbocycles. The molecule has 6 nitrogen and oxygen atoms in total. The molecule has 0 bridgehead atoms. The highest BCUT2D eigenvalue weighted by Gasteiger charge is 2.15. The number of carbonyl (C=O) groups excluding carboxylic acids is 1. The lowest BCUT2D eigenvalue weighted by Gasteiger charge is -2.17. The van der Waals surface area contributed by atoms with E-state index < -0.39 is 6.04 Å². The molecule has 3 rings (SSSR count). The van der Waals surface area contributed by atoms with Crippen molar-refractivity contribution < 1.29 is 9.90 Å². The second kappa shape index (κ2) is 7.06. The first-order valence-electron chi connectivity index (χ1n) is 7.59. The number of aliphatic hydroxyl groups excluding tert-OH is 1. The van der Waals surface area contributed by atoms with E-state index in [2.05, 4.69) is 10.3 Å². The quantitative estimate of drug-likeness (QED) is 0.740. The van der Waals surface area contributed by atoms with Crippen LogP contribution in [-0.4, -0.2) is 27.2 Å². The van der Waals surface area contributed by atoms with Gasteiger partial charge in [-0.3, -0.25) is 14.2 Å². The largest absolute Gasteiger partial charge is 0.394 e. The van der Waals surface area contributed by atoms with Crippen LogP contribution in [0.15, 0.2) is 65.6 Å². The number of rotatable bonds is 5. The molecule has 1 amide bonds. The molecule has 1 heterocycles. The Bertz CT molecular complexity index is 906. The number of nitrogens with one attached hydrogen (secondary N) is 1. The van der Waals surface area contributed by atoms with Gasteiger partial charge in [0.05, 0.1) is 29.9 Å². The zero-order valence-electron chi connectivity index (χ0n) is 12.9. The minimum Gasteiger partial charge on any atom is -0.394 e. The molecule has 0 fully saturated rings. The number of fused-ring (bicyclic) bond motifs is 1. The minimum atomic E-state index is -0.512. The van der Waals surface area contributed by atoms with Crippen LogP contribution in [0.2, 0.25) is 0 Å². The molecule has 0 spiro atoms. The molecule has 0 radical (unpaired) electrons. The van der Waals surface area contributed by atoms with Crippen molar-refractivity contribution in [2.24, 2.45) is 0 Å². The standard InChI is InChI=1S/C18H17N3O3/c22-12-15(13-6-2-1-3-7-13)20-17(23)11-21-16-9-5-4-8-14(16)19-10-18(21)24/h1-10,15,22H,11-12H2,(H,20,23)/t15-/m1/s1. The van der Waals surface area contributed by atoms with Gasteiger partial charge >= 0.3 is 0 Å². The highest BCUT2D eigenvalue weighted by molar-refractivity contribution is 5.80. The summed E-state index contributed by atoms with van der Waals surface area (Å²) >= 11 is 0. The summed E-state index contributed by atoms with van der Waals surface area (Å²) in [4.78, 5) is 28.5. The third kappa shape index (κ3) is 3.33. The van der Waals surface area contributed by atoms with E-state index in [0.717, 1.165) is 5.56 Å². The second-order valence-corrected chi connectivity index (χ2v) is 5.38. The fourth-order valence-corrected chi connectivity index (χ4v) is 2.58. The topological polar surface area (TPSA) is 84.2 Å². The van der Waals surface area contributed by atoms with Gasteiger partial charge in [0, 0.05) is 0 Å². The van der Waals surface area contributed by atoms with Gasteiger partial charge in [0.15, 0.2) is 0 Å². The third-order valence-corrected chi connectivity index (χ3v) is 3.77. The van der Waals surface area contributed by atoms with Gasteiger partial charge in [-0.2, -0.15) is 0 Å². The molecule has 1 atom stereocenters. The van der Waals surface area contributed by atoms with E-state index in [9.17, 15) is 14.7 Å². The summed E-state index contributed by atoms with van der Waals surface area (Å²) in [7, 11) is 0. The normalized spacial score (nSPS) is 12.0.